The fourth-order valence-electron chi connectivity index (χ4n) is 2.37. The molecule has 5 nitrogen and oxygen atoms in total. The van der Waals surface area contributed by atoms with Crippen molar-refractivity contribution in [3.05, 3.63) is 64.7 Å². The Morgan fingerprint density at radius 1 is 1.05 bits per heavy atom. The van der Waals surface area contributed by atoms with E-state index in [1.807, 2.05) is 42.5 Å². The van der Waals surface area contributed by atoms with Crippen molar-refractivity contribution in [2.24, 2.45) is 0 Å². The van der Waals surface area contributed by atoms with E-state index in [2.05, 4.69) is 10.3 Å². The molecule has 5 heteroatoms. The number of anilines is 1. The largest absolute Gasteiger partial charge is 0.373 e. The fraction of sp³-hybridized carbons (Fsp3) is 0.0625. The van der Waals surface area contributed by atoms with E-state index in [-0.39, 0.29) is 5.69 Å². The molecule has 0 aliphatic carbocycles. The van der Waals surface area contributed by atoms with Crippen molar-refractivity contribution in [2.75, 3.05) is 12.4 Å². The van der Waals surface area contributed by atoms with Gasteiger partial charge in [-0.3, -0.25) is 10.1 Å². The highest BCUT2D eigenvalue weighted by molar-refractivity contribution is 5.97. The molecule has 0 saturated heterocycles. The van der Waals surface area contributed by atoms with Crippen LogP contribution < -0.4 is 5.32 Å². The Morgan fingerprint density at radius 2 is 1.81 bits per heavy atom. The third-order valence-corrected chi connectivity index (χ3v) is 3.37. The summed E-state index contributed by atoms with van der Waals surface area (Å²) < 4.78 is 0. The van der Waals surface area contributed by atoms with Crippen LogP contribution in [0.1, 0.15) is 0 Å². The maximum atomic E-state index is 11.3. The monoisotopic (exact) mass is 279 g/mol. The molecule has 3 rings (SSSR count). The van der Waals surface area contributed by atoms with Gasteiger partial charge in [-0.05, 0) is 16.8 Å². The van der Waals surface area contributed by atoms with Crippen LogP contribution in [0.25, 0.3) is 22.0 Å². The molecule has 0 radical (unpaired) electrons. The standard InChI is InChI=1S/C16H13N3O2/c1-17-15-10-9-14(19(20)21)16(18-15)13-8-4-6-11-5-2-3-7-12(11)13/h2-10H,1H3,(H,17,18). The first-order valence-electron chi connectivity index (χ1n) is 6.52. The molecular weight excluding hydrogens is 266 g/mol. The SMILES string of the molecule is CNc1ccc([N+](=O)[O-])c(-c2cccc3ccccc23)n1. The van der Waals surface area contributed by atoms with E-state index in [1.54, 1.807) is 13.1 Å². The minimum atomic E-state index is -0.399. The Hall–Kier alpha value is -2.95. The molecular formula is C16H13N3O2. The zero-order valence-corrected chi connectivity index (χ0v) is 11.4. The maximum absolute atomic E-state index is 11.3. The normalized spacial score (nSPS) is 10.5. The average Bonchev–Trinajstić information content (AvgIpc) is 2.53. The lowest BCUT2D eigenvalue weighted by Gasteiger charge is -2.08. The van der Waals surface area contributed by atoms with Gasteiger partial charge in [0.15, 0.2) is 5.69 Å². The van der Waals surface area contributed by atoms with Crippen molar-refractivity contribution in [2.45, 2.75) is 0 Å². The number of fused-ring (bicyclic) bond motifs is 1. The summed E-state index contributed by atoms with van der Waals surface area (Å²) in [6.45, 7) is 0. The first kappa shape index (κ1) is 13.1. The van der Waals surface area contributed by atoms with Gasteiger partial charge in [0.1, 0.15) is 5.82 Å². The van der Waals surface area contributed by atoms with Crippen LogP contribution in [0.2, 0.25) is 0 Å². The summed E-state index contributed by atoms with van der Waals surface area (Å²) in [5.41, 5.74) is 1.14. The van der Waals surface area contributed by atoms with Gasteiger partial charge in [-0.2, -0.15) is 0 Å². The molecule has 21 heavy (non-hydrogen) atoms. The van der Waals surface area contributed by atoms with Crippen LogP contribution >= 0.6 is 0 Å². The van der Waals surface area contributed by atoms with Gasteiger partial charge in [-0.15, -0.1) is 0 Å². The second-order valence-electron chi connectivity index (χ2n) is 4.60. The molecule has 0 saturated carbocycles. The van der Waals surface area contributed by atoms with Crippen molar-refractivity contribution in [3.8, 4) is 11.3 Å². The number of aromatic nitrogens is 1. The van der Waals surface area contributed by atoms with Crippen molar-refractivity contribution in [3.63, 3.8) is 0 Å². The highest BCUT2D eigenvalue weighted by Crippen LogP contribution is 2.34. The number of rotatable bonds is 3. The fourth-order valence-corrected chi connectivity index (χ4v) is 2.37. The Kier molecular flexibility index (Phi) is 3.23. The van der Waals surface area contributed by atoms with Gasteiger partial charge >= 0.3 is 0 Å². The number of hydrogen-bond acceptors (Lipinski definition) is 4. The van der Waals surface area contributed by atoms with Crippen LogP contribution in [0, 0.1) is 10.1 Å². The summed E-state index contributed by atoms with van der Waals surface area (Å²) in [7, 11) is 1.74. The van der Waals surface area contributed by atoms with Crippen LogP contribution in [-0.2, 0) is 0 Å². The molecule has 0 spiro atoms. The Bertz CT molecular complexity index is 825. The van der Waals surface area contributed by atoms with Gasteiger partial charge < -0.3 is 5.32 Å². The number of nitrogens with one attached hydrogen (secondary N) is 1. The molecule has 1 aromatic heterocycles. The van der Waals surface area contributed by atoms with Crippen LogP contribution in [0.3, 0.4) is 0 Å². The Labute approximate surface area is 121 Å². The zero-order valence-electron chi connectivity index (χ0n) is 11.4. The number of pyridine rings is 1. The van der Waals surface area contributed by atoms with Gasteiger partial charge in [0.25, 0.3) is 5.69 Å². The van der Waals surface area contributed by atoms with E-state index in [4.69, 9.17) is 0 Å². The van der Waals surface area contributed by atoms with E-state index in [9.17, 15) is 10.1 Å². The smallest absolute Gasteiger partial charge is 0.295 e. The topological polar surface area (TPSA) is 68.1 Å². The Morgan fingerprint density at radius 3 is 2.57 bits per heavy atom. The highest BCUT2D eigenvalue weighted by Gasteiger charge is 2.19. The second kappa shape index (κ2) is 5.20. The molecule has 0 amide bonds. The van der Waals surface area contributed by atoms with Gasteiger partial charge in [0.2, 0.25) is 0 Å². The van der Waals surface area contributed by atoms with E-state index >= 15 is 0 Å². The third-order valence-electron chi connectivity index (χ3n) is 3.37. The molecule has 3 aromatic rings. The molecule has 0 unspecified atom stereocenters. The molecule has 0 aliphatic rings. The summed E-state index contributed by atoms with van der Waals surface area (Å²) in [5, 5.41) is 16.2. The van der Waals surface area contributed by atoms with E-state index in [0.29, 0.717) is 11.5 Å². The molecule has 0 atom stereocenters. The van der Waals surface area contributed by atoms with Crippen molar-refractivity contribution >= 4 is 22.3 Å². The van der Waals surface area contributed by atoms with Gasteiger partial charge in [-0.25, -0.2) is 4.98 Å². The van der Waals surface area contributed by atoms with Crippen LogP contribution in [0.5, 0.6) is 0 Å². The van der Waals surface area contributed by atoms with Gasteiger partial charge in [0.05, 0.1) is 4.92 Å². The lowest BCUT2D eigenvalue weighted by Crippen LogP contribution is -1.99. The number of hydrogen-bond donors (Lipinski definition) is 1. The van der Waals surface area contributed by atoms with Crippen molar-refractivity contribution in [1.29, 1.82) is 0 Å². The summed E-state index contributed by atoms with van der Waals surface area (Å²) in [6.07, 6.45) is 0. The lowest BCUT2D eigenvalue weighted by molar-refractivity contribution is -0.384. The molecule has 0 bridgehead atoms. The molecule has 2 aromatic carbocycles. The summed E-state index contributed by atoms with van der Waals surface area (Å²) in [6, 6.07) is 16.6. The van der Waals surface area contributed by atoms with Crippen molar-refractivity contribution in [1.82, 2.24) is 4.98 Å². The molecule has 1 heterocycles. The number of nitrogens with zero attached hydrogens (tertiary/aromatic N) is 2. The summed E-state index contributed by atoms with van der Waals surface area (Å²) in [4.78, 5) is 15.3. The van der Waals surface area contributed by atoms with Gasteiger partial charge in [0, 0.05) is 18.7 Å². The molecule has 0 aliphatic heterocycles. The zero-order chi connectivity index (χ0) is 14.8. The van der Waals surface area contributed by atoms with E-state index < -0.39 is 4.92 Å². The minimum Gasteiger partial charge on any atom is -0.373 e. The van der Waals surface area contributed by atoms with Crippen LogP contribution in [0.15, 0.2) is 54.6 Å². The highest BCUT2D eigenvalue weighted by atomic mass is 16.6. The molecule has 0 fully saturated rings. The maximum Gasteiger partial charge on any atom is 0.295 e. The molecule has 1 N–H and O–H groups in total. The predicted octanol–water partition coefficient (Wildman–Crippen LogP) is 3.85. The molecule has 104 valence electrons. The quantitative estimate of drug-likeness (QED) is 0.584. The lowest BCUT2D eigenvalue weighted by atomic mass is 10.0. The van der Waals surface area contributed by atoms with Crippen molar-refractivity contribution < 1.29 is 4.92 Å². The van der Waals surface area contributed by atoms with Crippen LogP contribution in [-0.4, -0.2) is 17.0 Å². The van der Waals surface area contributed by atoms with Gasteiger partial charge in [-0.1, -0.05) is 42.5 Å². The predicted molar refractivity (Wildman–Crippen MR) is 83.4 cm³/mol. The minimum absolute atomic E-state index is 0.00496. The van der Waals surface area contributed by atoms with E-state index in [1.165, 1.54) is 6.07 Å². The third kappa shape index (κ3) is 2.29. The first-order valence-corrected chi connectivity index (χ1v) is 6.52. The summed E-state index contributed by atoms with van der Waals surface area (Å²) in [5.74, 6) is 0.600. The average molecular weight is 279 g/mol. The van der Waals surface area contributed by atoms with Crippen LogP contribution in [0.4, 0.5) is 11.5 Å². The number of nitro groups is 1. The summed E-state index contributed by atoms with van der Waals surface area (Å²) >= 11 is 0. The Balaban J connectivity index is 2.34. The number of benzene rings is 2. The second-order valence-corrected chi connectivity index (χ2v) is 4.60. The van der Waals surface area contributed by atoms with E-state index in [0.717, 1.165) is 16.3 Å². The first-order chi connectivity index (χ1) is 10.2.